The quantitative estimate of drug-likeness (QED) is 0.0305. The maximum absolute atomic E-state index is 15.7. The van der Waals surface area contributed by atoms with E-state index in [0.717, 1.165) is 24.5 Å². The van der Waals surface area contributed by atoms with E-state index >= 15 is 28.8 Å². The largest absolute Gasteiger partial charge is 0.508 e. The SMILES string of the molecule is CCCC[C@H]1C(=O)N(C)[C@@H](CCCC)C(=O)N[C@@H](CC(=O)O)C(=O)N[C@H](C(N)=O)CSCC(=O)N[C@@H](Cc2ccc(O)cc2)C(=O)N(C)[C@@H](C)C(=O)N[C@@H](CC(N)=O)C(=O)N2CCC[C@H]2C(=O)N[C@@H](CN)C(=O)N[C@@H](CC(C)C)C(=O)N2C[C@H](O)C[C@H]2C(=O)N[C@@H](Cc2c[nH]c3ccccc23)C(=O)N[C@@H](CO)C(=O)NC(Cc2cn(CC(=O)O)c3ccccc23)C(=O)N1C. The van der Waals surface area contributed by atoms with Crippen LogP contribution in [0.5, 0.6) is 5.75 Å². The van der Waals surface area contributed by atoms with Crippen LogP contribution >= 0.6 is 11.8 Å². The molecule has 16 amide bonds. The minimum absolute atomic E-state index is 0.0278. The Morgan fingerprint density at radius 2 is 1.10 bits per heavy atom. The summed E-state index contributed by atoms with van der Waals surface area (Å²) >= 11 is 0.704. The Hall–Kier alpha value is -12.8. The molecule has 3 aliphatic rings. The molecule has 3 fully saturated rings. The Kier molecular flexibility index (Phi) is 37.3. The zero-order chi connectivity index (χ0) is 94.9. The van der Waals surface area contributed by atoms with Gasteiger partial charge in [0.05, 0.1) is 31.3 Å². The summed E-state index contributed by atoms with van der Waals surface area (Å²) in [5, 5.41) is 76.8. The molecule has 15 atom stereocenters. The van der Waals surface area contributed by atoms with Gasteiger partial charge < -0.3 is 125 Å². The number of carbonyl (C=O) groups excluding carboxylic acids is 16. The molecule has 3 saturated heterocycles. The van der Waals surface area contributed by atoms with Crippen LogP contribution in [0, 0.1) is 5.92 Å². The van der Waals surface area contributed by atoms with Gasteiger partial charge in [0, 0.05) is 106 Å². The highest BCUT2D eigenvalue weighted by atomic mass is 32.2. The van der Waals surface area contributed by atoms with Crippen molar-refractivity contribution in [3.05, 3.63) is 102 Å². The first-order valence-corrected chi connectivity index (χ1v) is 44.0. The number of aromatic amines is 1. The number of hydrogen-bond acceptors (Lipinski definition) is 23. The molecule has 0 aliphatic carbocycles. The van der Waals surface area contributed by atoms with Crippen LogP contribution in [0.25, 0.3) is 21.8 Å². The van der Waals surface area contributed by atoms with Crippen LogP contribution in [0.4, 0.5) is 0 Å². The number of likely N-dealkylation sites (N-methyl/N-ethyl adjacent to an activating group) is 3. The number of aliphatic hydroxyl groups excluding tert-OH is 2. The van der Waals surface area contributed by atoms with Crippen LogP contribution in [0.1, 0.15) is 128 Å². The normalized spacial score (nSPS) is 25.4. The van der Waals surface area contributed by atoms with Crippen molar-refractivity contribution in [2.45, 2.75) is 228 Å². The number of thioether (sulfide) groups is 1. The van der Waals surface area contributed by atoms with E-state index in [1.807, 2.05) is 0 Å². The van der Waals surface area contributed by atoms with E-state index in [9.17, 15) is 83.1 Å². The van der Waals surface area contributed by atoms with E-state index in [0.29, 0.717) is 63.1 Å². The van der Waals surface area contributed by atoms with E-state index in [4.69, 9.17) is 17.2 Å². The molecular formula is C86H119N19O23S. The predicted molar refractivity (Wildman–Crippen MR) is 468 cm³/mol. The number of primary amides is 2. The second-order valence-electron chi connectivity index (χ2n) is 33.1. The number of unbranched alkanes of at least 4 members (excludes halogenated alkanes) is 2. The number of para-hydroxylation sites is 2. The van der Waals surface area contributed by atoms with Gasteiger partial charge in [0.1, 0.15) is 96.9 Å². The summed E-state index contributed by atoms with van der Waals surface area (Å²) in [5.74, 6) is -20.9. The summed E-state index contributed by atoms with van der Waals surface area (Å²) < 4.78 is 1.39. The average molecular weight is 1820 g/mol. The number of aromatic nitrogens is 2. The predicted octanol–water partition coefficient (Wildman–Crippen LogP) is -3.28. The zero-order valence-corrected chi connectivity index (χ0v) is 74.1. The molecule has 3 aliphatic heterocycles. The van der Waals surface area contributed by atoms with E-state index in [-0.39, 0.29) is 76.0 Å². The summed E-state index contributed by atoms with van der Waals surface area (Å²) in [6.45, 7) is 5.28. The van der Waals surface area contributed by atoms with Crippen molar-refractivity contribution in [1.82, 2.24) is 81.9 Å². The number of nitrogens with two attached hydrogens (primary N) is 3. The number of benzene rings is 3. The van der Waals surface area contributed by atoms with Gasteiger partial charge >= 0.3 is 11.9 Å². The van der Waals surface area contributed by atoms with Gasteiger partial charge in [-0.1, -0.05) is 102 Å². The number of carbonyl (C=O) groups is 18. The van der Waals surface area contributed by atoms with Gasteiger partial charge in [0.25, 0.3) is 0 Å². The Morgan fingerprint density at radius 3 is 1.74 bits per heavy atom. The van der Waals surface area contributed by atoms with Crippen molar-refractivity contribution in [1.29, 1.82) is 0 Å². The van der Waals surface area contributed by atoms with Crippen molar-refractivity contribution in [3.8, 4) is 5.75 Å². The summed E-state index contributed by atoms with van der Waals surface area (Å²) in [5.41, 5.74) is 19.7. The number of nitrogens with one attached hydrogen (secondary N) is 10. The van der Waals surface area contributed by atoms with E-state index in [1.165, 1.54) is 63.1 Å². The fraction of sp³-hybridized carbons (Fsp3) is 0.535. The first kappa shape index (κ1) is 102. The first-order chi connectivity index (χ1) is 61.2. The molecule has 702 valence electrons. The highest BCUT2D eigenvalue weighted by Crippen LogP contribution is 2.29. The van der Waals surface area contributed by atoms with E-state index < -0.39 is 261 Å². The first-order valence-electron chi connectivity index (χ1n) is 42.8. The number of phenols is 1. The van der Waals surface area contributed by atoms with Gasteiger partial charge in [0.2, 0.25) is 94.5 Å². The Bertz CT molecular complexity index is 4930. The molecule has 0 bridgehead atoms. The highest BCUT2D eigenvalue weighted by molar-refractivity contribution is 8.00. The summed E-state index contributed by atoms with van der Waals surface area (Å²) in [7, 11) is 3.68. The highest BCUT2D eigenvalue weighted by Gasteiger charge is 2.47. The molecule has 5 aromatic rings. The number of amides is 16. The van der Waals surface area contributed by atoms with Crippen LogP contribution in [0.3, 0.4) is 0 Å². The molecule has 0 radical (unpaired) electrons. The topological polar surface area (TPSA) is 632 Å². The third-order valence-electron chi connectivity index (χ3n) is 23.1. The van der Waals surface area contributed by atoms with Crippen molar-refractivity contribution < 1.29 is 112 Å². The molecule has 43 heteroatoms. The number of phenolic OH excluding ortho intramolecular Hbond substituents is 1. The van der Waals surface area contributed by atoms with Gasteiger partial charge in [-0.05, 0) is 85.9 Å². The number of aromatic hydroxyl groups is 1. The van der Waals surface area contributed by atoms with Crippen molar-refractivity contribution in [3.63, 3.8) is 0 Å². The molecule has 2 aromatic heterocycles. The summed E-state index contributed by atoms with van der Waals surface area (Å²) in [6.07, 6.45) is -0.667. The van der Waals surface area contributed by atoms with Gasteiger partial charge in [-0.3, -0.25) is 86.3 Å². The Morgan fingerprint density at radius 1 is 0.550 bits per heavy atom. The maximum atomic E-state index is 15.7. The number of nitrogens with zero attached hydrogens (tertiary/aromatic N) is 6. The number of H-pyrrole nitrogens is 1. The third kappa shape index (κ3) is 27.4. The lowest BCUT2D eigenvalue weighted by Crippen LogP contribution is -2.62. The van der Waals surface area contributed by atoms with Crippen LogP contribution in [0.2, 0.25) is 0 Å². The van der Waals surface area contributed by atoms with Gasteiger partial charge in [-0.15, -0.1) is 11.8 Å². The monoisotopic (exact) mass is 1820 g/mol. The molecule has 1 unspecified atom stereocenters. The van der Waals surface area contributed by atoms with Gasteiger partial charge in [0.15, 0.2) is 0 Å². The van der Waals surface area contributed by atoms with Crippen molar-refractivity contribution in [2.75, 3.05) is 58.9 Å². The lowest BCUT2D eigenvalue weighted by atomic mass is 10.00. The number of aliphatic hydroxyl groups is 2. The molecule has 5 heterocycles. The van der Waals surface area contributed by atoms with Crippen molar-refractivity contribution >= 4 is 140 Å². The molecule has 42 nitrogen and oxygen atoms in total. The summed E-state index contributed by atoms with van der Waals surface area (Å²) in [4.78, 5) is 267. The van der Waals surface area contributed by atoms with Crippen LogP contribution in [-0.2, 0) is 112 Å². The number of rotatable bonds is 23. The fourth-order valence-corrected chi connectivity index (χ4v) is 16.8. The van der Waals surface area contributed by atoms with Crippen LogP contribution in [0.15, 0.2) is 85.2 Å². The number of hydrogen-bond donors (Lipinski definition) is 18. The second kappa shape index (κ2) is 47.3. The molecule has 8 rings (SSSR count). The number of carboxylic acids is 2. The van der Waals surface area contributed by atoms with Gasteiger partial charge in [-0.2, -0.15) is 0 Å². The zero-order valence-electron chi connectivity index (χ0n) is 73.3. The second-order valence-corrected chi connectivity index (χ2v) is 34.1. The lowest BCUT2D eigenvalue weighted by Gasteiger charge is -2.36. The molecule has 3 aromatic carbocycles. The van der Waals surface area contributed by atoms with Crippen LogP contribution < -0.4 is 65.1 Å². The Balaban J connectivity index is 1.18. The standard InChI is InChI=1S/C86H119N19O23S/c1-9-11-21-65-79(121)93-56(36-71(111)112)76(118)99-63(73(89)115)43-129-44-70(110)91-58(31-47-25-27-50(107)28-26-47)82(124)100(6)46(5)74(116)94-60(35-69(88)109)84(126)104-29-17-24-66(104)80(122)97-61(37-87)77(119)95-57(30-45(3)4)85(127)105-40-51(108)34-68(105)81(123)92-55(32-48-38-90-54-20-15-13-18-52(48)54)75(117)98-62(42-106)78(120)96-59(83(125)102(8)67(22-12-10-2)86(128)101(65)7)33-49-39-103(41-72(113)114)64-23-16-14-19-53(49)64/h13-16,18-20,23,25-28,38-39,45-46,51,55-63,65-68,90,106-108H,9-12,17,21-22,24,29-37,40-44,87H2,1-8H3,(H2,88,109)(H2,89,115)(H,91,110)(H,92,123)(H,93,121)(H,94,116)(H,95,119)(H,96,120)(H,97,122)(H,98,117)(H,99,118)(H,111,112)(H,113,114)/t46-,51+,55-,56-,57-,58-,59?,60-,61-,62-,63-,65-,66-,67-,68-/m0/s1. The number of aliphatic carboxylic acids is 2. The molecule has 21 N–H and O–H groups in total. The molecule has 129 heavy (non-hydrogen) atoms. The molecule has 0 saturated carbocycles. The van der Waals surface area contributed by atoms with Crippen LogP contribution in [-0.4, -0.2) is 316 Å². The van der Waals surface area contributed by atoms with Gasteiger partial charge in [-0.25, -0.2) is 0 Å². The minimum Gasteiger partial charge on any atom is -0.508 e. The van der Waals surface area contributed by atoms with Crippen molar-refractivity contribution in [2.24, 2.45) is 23.1 Å². The third-order valence-corrected chi connectivity index (χ3v) is 24.1. The smallest absolute Gasteiger partial charge is 0.323 e. The summed E-state index contributed by atoms with van der Waals surface area (Å²) in [6, 6.07) is -4.12. The molecule has 0 spiro atoms. The fourth-order valence-electron chi connectivity index (χ4n) is 16.0. The Labute approximate surface area is 748 Å². The lowest BCUT2D eigenvalue weighted by molar-refractivity contribution is -0.150. The average Bonchev–Trinajstić information content (AvgIpc) is 1.65. The van der Waals surface area contributed by atoms with E-state index in [2.05, 4.69) is 52.8 Å². The number of carboxylic acid groups (broad SMARTS) is 2. The maximum Gasteiger partial charge on any atom is 0.323 e. The van der Waals surface area contributed by atoms with E-state index in [1.54, 1.807) is 82.4 Å². The minimum atomic E-state index is -1.99. The number of fused-ring (bicyclic) bond motifs is 4. The molecular weight excluding hydrogens is 1700 g/mol.